The molecule has 0 radical (unpaired) electrons. The third-order valence-corrected chi connectivity index (χ3v) is 4.30. The first-order valence-electron chi connectivity index (χ1n) is 6.19. The molecule has 0 saturated heterocycles. The third kappa shape index (κ3) is 4.44. The van der Waals surface area contributed by atoms with Crippen LogP contribution >= 0.6 is 0 Å². The lowest BCUT2D eigenvalue weighted by molar-refractivity contribution is -0.138. The molecule has 0 aliphatic heterocycles. The molecule has 7 heteroatoms. The van der Waals surface area contributed by atoms with Crippen molar-refractivity contribution in [2.75, 3.05) is 0 Å². The third-order valence-electron chi connectivity index (χ3n) is 2.81. The Kier molecular flexibility index (Phi) is 5.10. The summed E-state index contributed by atoms with van der Waals surface area (Å²) in [4.78, 5) is 0. The van der Waals surface area contributed by atoms with E-state index in [2.05, 4.69) is 4.40 Å². The predicted octanol–water partition coefficient (Wildman–Crippen LogP) is 4.42. The summed E-state index contributed by atoms with van der Waals surface area (Å²) >= 11 is -1.63. The topological polar surface area (TPSA) is 35.4 Å². The van der Waals surface area contributed by atoms with Gasteiger partial charge < -0.3 is 4.55 Å². The lowest BCUT2D eigenvalue weighted by atomic mass is 9.99. The standard InChI is InChI=1S/C14H17F4NOS/c1-8-11(9(2)19-21(20)13(3,4)5)6-10(15)7-12(8)14(16,17)18/h6-7H,1-5H3/b19-9-. The maximum atomic E-state index is 13.4. The summed E-state index contributed by atoms with van der Waals surface area (Å²) in [6.07, 6.45) is -4.65. The summed E-state index contributed by atoms with van der Waals surface area (Å²) in [6.45, 7) is 7.75. The molecule has 0 amide bonds. The Morgan fingerprint density at radius 1 is 1.19 bits per heavy atom. The Labute approximate surface area is 124 Å². The second-order valence-corrected chi connectivity index (χ2v) is 7.57. The summed E-state index contributed by atoms with van der Waals surface area (Å²) in [7, 11) is 0. The number of hydrogen-bond acceptors (Lipinski definition) is 2. The fourth-order valence-electron chi connectivity index (χ4n) is 1.66. The Hall–Kier alpha value is -1.08. The van der Waals surface area contributed by atoms with Gasteiger partial charge in [-0.1, -0.05) is 4.40 Å². The van der Waals surface area contributed by atoms with Crippen molar-refractivity contribution < 1.29 is 22.1 Å². The number of benzene rings is 1. The SMILES string of the molecule is C/C(=N/[S+]([O-])C(C)(C)C)c1cc(F)cc(C(F)(F)F)c1C. The minimum absolute atomic E-state index is 0.0138. The molecule has 0 aliphatic rings. The summed E-state index contributed by atoms with van der Waals surface area (Å²) in [5.41, 5.74) is -1.05. The molecule has 2 nitrogen and oxygen atoms in total. The number of rotatable bonds is 2. The summed E-state index contributed by atoms with van der Waals surface area (Å²) in [5.74, 6) is -1.00. The van der Waals surface area contributed by atoms with Crippen molar-refractivity contribution in [2.45, 2.75) is 45.5 Å². The van der Waals surface area contributed by atoms with E-state index >= 15 is 0 Å². The van der Waals surface area contributed by atoms with E-state index < -0.39 is 33.7 Å². The molecule has 0 fully saturated rings. The predicted molar refractivity (Wildman–Crippen MR) is 76.2 cm³/mol. The Morgan fingerprint density at radius 3 is 2.14 bits per heavy atom. The maximum absolute atomic E-state index is 13.4. The smallest absolute Gasteiger partial charge is 0.416 e. The van der Waals surface area contributed by atoms with Gasteiger partial charge in [0.15, 0.2) is 0 Å². The molecule has 0 spiro atoms. The van der Waals surface area contributed by atoms with Gasteiger partial charge in [0, 0.05) is 5.56 Å². The van der Waals surface area contributed by atoms with Crippen molar-refractivity contribution in [3.8, 4) is 0 Å². The fraction of sp³-hybridized carbons (Fsp3) is 0.500. The van der Waals surface area contributed by atoms with Crippen molar-refractivity contribution in [3.63, 3.8) is 0 Å². The highest BCUT2D eigenvalue weighted by Gasteiger charge is 2.34. The van der Waals surface area contributed by atoms with Crippen LogP contribution in [-0.4, -0.2) is 15.0 Å². The van der Waals surface area contributed by atoms with Crippen LogP contribution in [0.2, 0.25) is 0 Å². The number of hydrogen-bond donors (Lipinski definition) is 0. The number of halogens is 4. The van der Waals surface area contributed by atoms with Crippen molar-refractivity contribution in [1.29, 1.82) is 0 Å². The van der Waals surface area contributed by atoms with E-state index in [1.54, 1.807) is 20.8 Å². The van der Waals surface area contributed by atoms with E-state index in [-0.39, 0.29) is 16.8 Å². The molecule has 1 aromatic carbocycles. The van der Waals surface area contributed by atoms with Crippen LogP contribution in [0.15, 0.2) is 16.5 Å². The Bertz CT molecular complexity index is 561. The Balaban J connectivity index is 3.38. The normalized spacial score (nSPS) is 15.2. The minimum Gasteiger partial charge on any atom is -0.591 e. The number of alkyl halides is 3. The molecular formula is C14H17F4NOS. The zero-order valence-corrected chi connectivity index (χ0v) is 13.2. The molecule has 0 heterocycles. The molecule has 0 N–H and O–H groups in total. The van der Waals surface area contributed by atoms with Crippen LogP contribution < -0.4 is 0 Å². The van der Waals surface area contributed by atoms with Crippen molar-refractivity contribution in [1.82, 2.24) is 0 Å². The molecule has 1 atom stereocenters. The Morgan fingerprint density at radius 2 is 1.71 bits per heavy atom. The van der Waals surface area contributed by atoms with Crippen LogP contribution in [0.3, 0.4) is 0 Å². The molecule has 0 bridgehead atoms. The molecule has 118 valence electrons. The first-order valence-corrected chi connectivity index (χ1v) is 7.29. The van der Waals surface area contributed by atoms with Gasteiger partial charge in [-0.3, -0.25) is 0 Å². The maximum Gasteiger partial charge on any atom is 0.416 e. The van der Waals surface area contributed by atoms with E-state index in [0.29, 0.717) is 6.07 Å². The van der Waals surface area contributed by atoms with Crippen molar-refractivity contribution in [2.24, 2.45) is 4.40 Å². The fourth-order valence-corrected chi connectivity index (χ4v) is 2.28. The van der Waals surface area contributed by atoms with Gasteiger partial charge in [0.1, 0.15) is 21.9 Å². The molecule has 1 rings (SSSR count). The highest BCUT2D eigenvalue weighted by molar-refractivity contribution is 7.91. The second-order valence-electron chi connectivity index (χ2n) is 5.66. The monoisotopic (exact) mass is 323 g/mol. The van der Waals surface area contributed by atoms with Gasteiger partial charge in [0.25, 0.3) is 0 Å². The van der Waals surface area contributed by atoms with Gasteiger partial charge in [-0.15, -0.1) is 0 Å². The van der Waals surface area contributed by atoms with Gasteiger partial charge >= 0.3 is 6.18 Å². The van der Waals surface area contributed by atoms with E-state index in [0.717, 1.165) is 6.07 Å². The van der Waals surface area contributed by atoms with Crippen LogP contribution in [-0.2, 0) is 17.5 Å². The van der Waals surface area contributed by atoms with Crippen LogP contribution in [0.5, 0.6) is 0 Å². The average molecular weight is 323 g/mol. The van der Waals surface area contributed by atoms with Gasteiger partial charge in [0.2, 0.25) is 0 Å². The van der Waals surface area contributed by atoms with Gasteiger partial charge in [0.05, 0.1) is 11.3 Å². The molecule has 1 aromatic rings. The van der Waals surface area contributed by atoms with E-state index in [9.17, 15) is 22.1 Å². The van der Waals surface area contributed by atoms with Gasteiger partial charge in [-0.2, -0.15) is 13.2 Å². The van der Waals surface area contributed by atoms with Crippen LogP contribution in [0, 0.1) is 12.7 Å². The quantitative estimate of drug-likeness (QED) is 0.451. The second kappa shape index (κ2) is 5.96. The summed E-state index contributed by atoms with van der Waals surface area (Å²) < 4.78 is 67.2. The van der Waals surface area contributed by atoms with Gasteiger partial charge in [-0.05, 0) is 52.3 Å². The lowest BCUT2D eigenvalue weighted by Crippen LogP contribution is -2.27. The highest BCUT2D eigenvalue weighted by atomic mass is 32.2. The summed E-state index contributed by atoms with van der Waals surface area (Å²) in [6, 6.07) is 1.43. The molecule has 1 unspecified atom stereocenters. The molecule has 21 heavy (non-hydrogen) atoms. The lowest BCUT2D eigenvalue weighted by Gasteiger charge is -2.19. The van der Waals surface area contributed by atoms with Crippen LogP contribution in [0.4, 0.5) is 17.6 Å². The summed E-state index contributed by atoms with van der Waals surface area (Å²) in [5, 5.41) is 0. The van der Waals surface area contributed by atoms with Crippen molar-refractivity contribution in [3.05, 3.63) is 34.6 Å². The van der Waals surface area contributed by atoms with Crippen LogP contribution in [0.25, 0.3) is 0 Å². The average Bonchev–Trinajstić information content (AvgIpc) is 2.28. The van der Waals surface area contributed by atoms with E-state index in [1.807, 2.05) is 0 Å². The largest absolute Gasteiger partial charge is 0.591 e. The molecule has 0 aromatic heterocycles. The zero-order valence-electron chi connectivity index (χ0n) is 12.4. The van der Waals surface area contributed by atoms with Gasteiger partial charge in [-0.25, -0.2) is 4.39 Å². The molecule has 0 saturated carbocycles. The van der Waals surface area contributed by atoms with Crippen molar-refractivity contribution >= 4 is 17.1 Å². The zero-order chi connectivity index (χ0) is 16.6. The van der Waals surface area contributed by atoms with E-state index in [1.165, 1.54) is 13.8 Å². The number of nitrogens with zero attached hydrogens (tertiary/aromatic N) is 1. The first kappa shape index (κ1) is 18.0. The van der Waals surface area contributed by atoms with E-state index in [4.69, 9.17) is 0 Å². The van der Waals surface area contributed by atoms with Crippen LogP contribution in [0.1, 0.15) is 44.4 Å². The molecule has 0 aliphatic carbocycles. The minimum atomic E-state index is -4.65. The molecular weight excluding hydrogens is 306 g/mol. The highest BCUT2D eigenvalue weighted by Crippen LogP contribution is 2.34. The first-order chi connectivity index (χ1) is 9.34.